The van der Waals surface area contributed by atoms with Crippen molar-refractivity contribution >= 4 is 0 Å². The Kier molecular flexibility index (Phi) is 4.37. The van der Waals surface area contributed by atoms with Gasteiger partial charge in [0.2, 0.25) is 0 Å². The third-order valence-electron chi connectivity index (χ3n) is 3.41. The molecular weight excluding hydrogens is 212 g/mol. The molecular formula is C14H22N2O. The summed E-state index contributed by atoms with van der Waals surface area (Å²) < 4.78 is 6.02. The standard InChI is InChI=1S/C14H22N2O/c1-11-3-5-13(6-4-11)17-14-7-8-16-12(9-14)10-15-2/h7-9,11,13,15H,3-6,10H2,1-2H3. The van der Waals surface area contributed by atoms with Crippen LogP contribution >= 0.6 is 0 Å². The molecule has 0 amide bonds. The van der Waals surface area contributed by atoms with Gasteiger partial charge in [0.15, 0.2) is 0 Å². The van der Waals surface area contributed by atoms with Gasteiger partial charge in [-0.1, -0.05) is 6.92 Å². The van der Waals surface area contributed by atoms with E-state index < -0.39 is 0 Å². The van der Waals surface area contributed by atoms with Crippen molar-refractivity contribution in [3.8, 4) is 5.75 Å². The number of hydrogen-bond donors (Lipinski definition) is 1. The van der Waals surface area contributed by atoms with Crippen LogP contribution in [0.1, 0.15) is 38.3 Å². The number of pyridine rings is 1. The minimum absolute atomic E-state index is 0.399. The smallest absolute Gasteiger partial charge is 0.123 e. The SMILES string of the molecule is CNCc1cc(OC2CCC(C)CC2)ccn1. The van der Waals surface area contributed by atoms with E-state index in [1.165, 1.54) is 25.7 Å². The molecule has 0 aliphatic heterocycles. The Morgan fingerprint density at radius 1 is 1.35 bits per heavy atom. The van der Waals surface area contributed by atoms with Gasteiger partial charge in [0.05, 0.1) is 11.8 Å². The van der Waals surface area contributed by atoms with Crippen LogP contribution in [0, 0.1) is 5.92 Å². The molecule has 1 heterocycles. The lowest BCUT2D eigenvalue weighted by Crippen LogP contribution is -2.23. The summed E-state index contributed by atoms with van der Waals surface area (Å²) in [6.07, 6.45) is 7.18. The minimum Gasteiger partial charge on any atom is -0.490 e. The monoisotopic (exact) mass is 234 g/mol. The minimum atomic E-state index is 0.399. The van der Waals surface area contributed by atoms with Gasteiger partial charge < -0.3 is 10.1 Å². The van der Waals surface area contributed by atoms with Gasteiger partial charge in [0, 0.05) is 18.8 Å². The molecule has 2 rings (SSSR count). The summed E-state index contributed by atoms with van der Waals surface area (Å²) in [5.41, 5.74) is 1.04. The molecule has 1 aromatic rings. The van der Waals surface area contributed by atoms with Gasteiger partial charge in [-0.3, -0.25) is 4.98 Å². The van der Waals surface area contributed by atoms with Crippen molar-refractivity contribution in [3.05, 3.63) is 24.0 Å². The van der Waals surface area contributed by atoms with Crippen LogP contribution in [0.15, 0.2) is 18.3 Å². The van der Waals surface area contributed by atoms with Gasteiger partial charge in [-0.15, -0.1) is 0 Å². The molecule has 0 spiro atoms. The van der Waals surface area contributed by atoms with E-state index in [0.29, 0.717) is 6.10 Å². The van der Waals surface area contributed by atoms with Gasteiger partial charge in [0.1, 0.15) is 5.75 Å². The van der Waals surface area contributed by atoms with Crippen LogP contribution in [0.25, 0.3) is 0 Å². The Labute approximate surface area is 104 Å². The first kappa shape index (κ1) is 12.4. The summed E-state index contributed by atoms with van der Waals surface area (Å²) in [4.78, 5) is 4.29. The van der Waals surface area contributed by atoms with Crippen molar-refractivity contribution in [2.75, 3.05) is 7.05 Å². The molecule has 1 aliphatic rings. The zero-order valence-corrected chi connectivity index (χ0v) is 10.8. The summed E-state index contributed by atoms with van der Waals surface area (Å²) in [6.45, 7) is 3.12. The Morgan fingerprint density at radius 3 is 2.82 bits per heavy atom. The zero-order chi connectivity index (χ0) is 12.1. The Morgan fingerprint density at radius 2 is 2.12 bits per heavy atom. The second-order valence-corrected chi connectivity index (χ2v) is 5.01. The number of hydrogen-bond acceptors (Lipinski definition) is 3. The van der Waals surface area contributed by atoms with Crippen molar-refractivity contribution < 1.29 is 4.74 Å². The molecule has 3 heteroatoms. The molecule has 1 aromatic heterocycles. The lowest BCUT2D eigenvalue weighted by atomic mass is 9.89. The van der Waals surface area contributed by atoms with Crippen LogP contribution < -0.4 is 10.1 Å². The number of nitrogens with one attached hydrogen (secondary N) is 1. The lowest BCUT2D eigenvalue weighted by Gasteiger charge is -2.26. The number of rotatable bonds is 4. The lowest BCUT2D eigenvalue weighted by molar-refractivity contribution is 0.135. The first-order chi connectivity index (χ1) is 8.28. The highest BCUT2D eigenvalue weighted by atomic mass is 16.5. The van der Waals surface area contributed by atoms with Crippen LogP contribution in [-0.4, -0.2) is 18.1 Å². The topological polar surface area (TPSA) is 34.1 Å². The van der Waals surface area contributed by atoms with E-state index in [9.17, 15) is 0 Å². The number of nitrogens with zero attached hydrogens (tertiary/aromatic N) is 1. The average molecular weight is 234 g/mol. The van der Waals surface area contributed by atoms with Crippen LogP contribution in [0.4, 0.5) is 0 Å². The van der Waals surface area contributed by atoms with E-state index in [0.717, 1.165) is 23.9 Å². The molecule has 0 atom stereocenters. The largest absolute Gasteiger partial charge is 0.490 e. The first-order valence-electron chi connectivity index (χ1n) is 6.54. The van der Waals surface area contributed by atoms with E-state index >= 15 is 0 Å². The van der Waals surface area contributed by atoms with Crippen LogP contribution in [0.2, 0.25) is 0 Å². The predicted octanol–water partition coefficient (Wildman–Crippen LogP) is 2.76. The second-order valence-electron chi connectivity index (χ2n) is 5.01. The fraction of sp³-hybridized carbons (Fsp3) is 0.643. The molecule has 0 saturated heterocycles. The third kappa shape index (κ3) is 3.70. The molecule has 94 valence electrons. The van der Waals surface area contributed by atoms with E-state index in [-0.39, 0.29) is 0 Å². The second kappa shape index (κ2) is 6.01. The van der Waals surface area contributed by atoms with Crippen molar-refractivity contribution in [2.24, 2.45) is 5.92 Å². The summed E-state index contributed by atoms with van der Waals surface area (Å²) in [5.74, 6) is 1.83. The normalized spacial score (nSPS) is 24.6. The number of aromatic nitrogens is 1. The average Bonchev–Trinajstić information content (AvgIpc) is 2.33. The van der Waals surface area contributed by atoms with Crippen LogP contribution in [-0.2, 0) is 6.54 Å². The Hall–Kier alpha value is -1.09. The van der Waals surface area contributed by atoms with Crippen molar-refractivity contribution in [1.82, 2.24) is 10.3 Å². The fourth-order valence-electron chi connectivity index (χ4n) is 2.35. The van der Waals surface area contributed by atoms with Gasteiger partial charge in [-0.05, 0) is 44.7 Å². The Balaban J connectivity index is 1.91. The highest BCUT2D eigenvalue weighted by molar-refractivity contribution is 5.22. The first-order valence-corrected chi connectivity index (χ1v) is 6.54. The highest BCUT2D eigenvalue weighted by Gasteiger charge is 2.19. The van der Waals surface area contributed by atoms with Gasteiger partial charge >= 0.3 is 0 Å². The van der Waals surface area contributed by atoms with Gasteiger partial charge in [-0.2, -0.15) is 0 Å². The molecule has 3 nitrogen and oxygen atoms in total. The molecule has 17 heavy (non-hydrogen) atoms. The van der Waals surface area contributed by atoms with Gasteiger partial charge in [0.25, 0.3) is 0 Å². The highest BCUT2D eigenvalue weighted by Crippen LogP contribution is 2.27. The predicted molar refractivity (Wildman–Crippen MR) is 69.0 cm³/mol. The quantitative estimate of drug-likeness (QED) is 0.870. The fourth-order valence-corrected chi connectivity index (χ4v) is 2.35. The van der Waals surface area contributed by atoms with Crippen molar-refractivity contribution in [3.63, 3.8) is 0 Å². The third-order valence-corrected chi connectivity index (χ3v) is 3.41. The van der Waals surface area contributed by atoms with Crippen molar-refractivity contribution in [2.45, 2.75) is 45.3 Å². The van der Waals surface area contributed by atoms with E-state index in [1.54, 1.807) is 0 Å². The summed E-state index contributed by atoms with van der Waals surface area (Å²) >= 11 is 0. The molecule has 1 saturated carbocycles. The molecule has 0 bridgehead atoms. The van der Waals surface area contributed by atoms with E-state index in [1.807, 2.05) is 25.4 Å². The Bertz CT molecular complexity index is 346. The summed E-state index contributed by atoms with van der Waals surface area (Å²) in [6, 6.07) is 3.99. The van der Waals surface area contributed by atoms with Crippen LogP contribution in [0.5, 0.6) is 5.75 Å². The summed E-state index contributed by atoms with van der Waals surface area (Å²) in [5, 5.41) is 3.10. The van der Waals surface area contributed by atoms with E-state index in [2.05, 4.69) is 17.2 Å². The van der Waals surface area contributed by atoms with Gasteiger partial charge in [-0.25, -0.2) is 0 Å². The molecule has 0 aromatic carbocycles. The molecule has 0 radical (unpaired) electrons. The van der Waals surface area contributed by atoms with Crippen molar-refractivity contribution in [1.29, 1.82) is 0 Å². The molecule has 1 fully saturated rings. The van der Waals surface area contributed by atoms with Crippen LogP contribution in [0.3, 0.4) is 0 Å². The molecule has 0 unspecified atom stereocenters. The van der Waals surface area contributed by atoms with E-state index in [4.69, 9.17) is 4.74 Å². The zero-order valence-electron chi connectivity index (χ0n) is 10.8. The maximum absolute atomic E-state index is 6.02. The summed E-state index contributed by atoms with van der Waals surface area (Å²) in [7, 11) is 1.93. The molecule has 1 N–H and O–H groups in total. The molecule has 1 aliphatic carbocycles. The number of ether oxygens (including phenoxy) is 1. The maximum Gasteiger partial charge on any atom is 0.123 e. The maximum atomic E-state index is 6.02.